The van der Waals surface area contributed by atoms with E-state index in [4.69, 9.17) is 4.74 Å². The predicted octanol–water partition coefficient (Wildman–Crippen LogP) is 3.00. The normalized spacial score (nSPS) is 18.7. The Morgan fingerprint density at radius 1 is 0.757 bits per heavy atom. The smallest absolute Gasteiger partial charge is 0.329 e. The molecule has 0 aliphatic carbocycles. The Morgan fingerprint density at radius 2 is 1.41 bits per heavy atom. The molecule has 7 amide bonds. The number of unbranched alkanes of at least 4 members (excludes halogenated alkanes) is 4. The molecule has 3 rings (SSSR count). The highest BCUT2D eigenvalue weighted by molar-refractivity contribution is 5.95. The van der Waals surface area contributed by atoms with Gasteiger partial charge in [0.05, 0.1) is 31.2 Å². The minimum absolute atomic E-state index is 0.00792. The quantitative estimate of drug-likeness (QED) is 0.0384. The number of hydrogen-bond donors (Lipinski definition) is 8. The van der Waals surface area contributed by atoms with Crippen LogP contribution < -0.4 is 26.6 Å². The number of amides is 7. The molecule has 408 valence electrons. The molecule has 19 nitrogen and oxygen atoms in total. The number of allylic oxidation sites excluding steroid dienone is 1. The highest BCUT2D eigenvalue weighted by atomic mass is 16.5. The van der Waals surface area contributed by atoms with Crippen LogP contribution in [0.4, 0.5) is 0 Å². The van der Waals surface area contributed by atoms with E-state index in [1.807, 2.05) is 36.4 Å². The molecule has 0 unspecified atom stereocenters. The number of nitrogens with one attached hydrogen (secondary N) is 5. The summed E-state index contributed by atoms with van der Waals surface area (Å²) in [6, 6.07) is 7.10. The molecule has 8 atom stereocenters. The first-order chi connectivity index (χ1) is 35.1. The summed E-state index contributed by atoms with van der Waals surface area (Å²) in [6.07, 6.45) is 9.31. The van der Waals surface area contributed by atoms with E-state index in [2.05, 4.69) is 33.5 Å². The maximum Gasteiger partial charge on any atom is 0.329 e. The van der Waals surface area contributed by atoms with Gasteiger partial charge in [0.25, 0.3) is 0 Å². The number of carbonyl (C=O) groups excluding carboxylic acids is 8. The molecular weight excluding hydrogens is 951 g/mol. The lowest BCUT2D eigenvalue weighted by atomic mass is 9.98. The number of aromatic hydroxyl groups is 1. The summed E-state index contributed by atoms with van der Waals surface area (Å²) in [6.45, 7) is 11.1. The number of esters is 1. The van der Waals surface area contributed by atoms with E-state index in [0.717, 1.165) is 43.7 Å². The fourth-order valence-electron chi connectivity index (χ4n) is 8.37. The number of cyclic esters (lactones) is 1. The fourth-order valence-corrected chi connectivity index (χ4v) is 8.37. The number of nitrogens with zero attached hydrogens (tertiary/aromatic N) is 2. The second-order valence-electron chi connectivity index (χ2n) is 20.0. The largest absolute Gasteiger partial charge is 0.508 e. The van der Waals surface area contributed by atoms with Crippen molar-refractivity contribution in [1.29, 1.82) is 0 Å². The van der Waals surface area contributed by atoms with Crippen molar-refractivity contribution in [2.45, 2.75) is 155 Å². The number of likely N-dealkylation sites (N-methyl/N-ethyl adjacent to an activating group) is 2. The summed E-state index contributed by atoms with van der Waals surface area (Å²) in [5.41, 5.74) is 1.39. The van der Waals surface area contributed by atoms with Gasteiger partial charge in [0.15, 0.2) is 0 Å². The van der Waals surface area contributed by atoms with E-state index in [1.54, 1.807) is 59.8 Å². The molecule has 0 bridgehead atoms. The van der Waals surface area contributed by atoms with Crippen LogP contribution in [0.15, 0.2) is 78.9 Å². The van der Waals surface area contributed by atoms with Crippen LogP contribution in [-0.4, -0.2) is 148 Å². The first-order valence-corrected chi connectivity index (χ1v) is 25.7. The summed E-state index contributed by atoms with van der Waals surface area (Å²) in [5.74, 6) is -6.56. The van der Waals surface area contributed by atoms with Crippen LogP contribution >= 0.6 is 0 Å². The van der Waals surface area contributed by atoms with Crippen molar-refractivity contribution >= 4 is 47.3 Å². The third-order valence-corrected chi connectivity index (χ3v) is 12.8. The van der Waals surface area contributed by atoms with Gasteiger partial charge in [0.2, 0.25) is 41.4 Å². The van der Waals surface area contributed by atoms with Gasteiger partial charge >= 0.3 is 5.97 Å². The highest BCUT2D eigenvalue weighted by Crippen LogP contribution is 2.20. The number of aliphatic hydroxyl groups is 2. The molecule has 0 saturated carbocycles. The Hall–Kier alpha value is -6.60. The second-order valence-corrected chi connectivity index (χ2v) is 20.0. The SMILES string of the molecule is CCCCCC/C=C\CC(=O)N[C@@H](Cc1ccccc1)C(=O)N[C@H](C(=O)N[C@@H](CO)[C@@H](O)CC(=O)N[C@H](C(=O)N[C@@H]1C=CC(=O)N(C)[C@@H](C(C)C)C(=O)N(C)[C@@H](Cc2ccc(O)cc2)C(=O)OC1)C(C)C)C(C)C. The first-order valence-electron chi connectivity index (χ1n) is 25.7. The van der Waals surface area contributed by atoms with Crippen molar-refractivity contribution in [2.75, 3.05) is 27.3 Å². The highest BCUT2D eigenvalue weighted by Gasteiger charge is 2.38. The van der Waals surface area contributed by atoms with Crippen molar-refractivity contribution in [1.82, 2.24) is 36.4 Å². The van der Waals surface area contributed by atoms with Crippen LogP contribution in [-0.2, 0) is 55.9 Å². The van der Waals surface area contributed by atoms with Crippen molar-refractivity contribution in [3.8, 4) is 5.75 Å². The maximum atomic E-state index is 13.9. The van der Waals surface area contributed by atoms with E-state index >= 15 is 0 Å². The van der Waals surface area contributed by atoms with Gasteiger partial charge in [-0.2, -0.15) is 0 Å². The van der Waals surface area contributed by atoms with Crippen molar-refractivity contribution in [3.63, 3.8) is 0 Å². The molecule has 0 aromatic heterocycles. The van der Waals surface area contributed by atoms with Gasteiger partial charge in [0, 0.05) is 39.4 Å². The molecule has 2 aromatic rings. The molecule has 1 aliphatic rings. The summed E-state index contributed by atoms with van der Waals surface area (Å²) in [4.78, 5) is 112. The summed E-state index contributed by atoms with van der Waals surface area (Å²) in [7, 11) is 2.91. The Kier molecular flexibility index (Phi) is 26.0. The zero-order valence-corrected chi connectivity index (χ0v) is 44.5. The number of rotatable bonds is 26. The lowest BCUT2D eigenvalue weighted by Crippen LogP contribution is -2.59. The van der Waals surface area contributed by atoms with Crippen molar-refractivity contribution in [2.24, 2.45) is 17.8 Å². The van der Waals surface area contributed by atoms with Gasteiger partial charge in [-0.1, -0.05) is 128 Å². The van der Waals surface area contributed by atoms with Gasteiger partial charge in [-0.3, -0.25) is 33.6 Å². The van der Waals surface area contributed by atoms with Crippen LogP contribution in [0, 0.1) is 17.8 Å². The van der Waals surface area contributed by atoms with Crippen molar-refractivity contribution < 1.29 is 58.4 Å². The van der Waals surface area contributed by atoms with E-state index in [0.29, 0.717) is 5.56 Å². The van der Waals surface area contributed by atoms with Crippen LogP contribution in [0.3, 0.4) is 0 Å². The number of phenols is 1. The monoisotopic (exact) mass is 1030 g/mol. The Bertz CT molecular complexity index is 2220. The Labute approximate surface area is 436 Å². The predicted molar refractivity (Wildman–Crippen MR) is 280 cm³/mol. The molecule has 8 N–H and O–H groups in total. The van der Waals surface area contributed by atoms with Gasteiger partial charge in [-0.15, -0.1) is 0 Å². The second kappa shape index (κ2) is 31.2. The molecule has 1 aliphatic heterocycles. The standard InChI is InChI=1S/C55H81N7O12/c1-10-11-12-13-14-15-19-22-45(66)57-41(29-37-20-17-16-18-21-37)51(69)60-49(35(4)5)53(71)58-42(32-63)44(65)31-46(67)59-48(34(2)3)52(70)56-39-25-28-47(68)62(9)50(36(6)7)54(72)61(8)43(55(73)74-33-39)30-38-23-26-40(64)27-24-38/h15-21,23-28,34-36,39,41-44,48-50,63-65H,10-14,22,29-33H2,1-9H3,(H,56,70)(H,57,66)(H,58,71)(H,59,67)(H,60,69)/b19-15-,28-25?/t39-,41+,42+,43+,44+,48+,49+,50+/m1/s1. The number of hydrogen-bond acceptors (Lipinski definition) is 12. The van der Waals surface area contributed by atoms with Crippen molar-refractivity contribution in [3.05, 3.63) is 90.0 Å². The third kappa shape index (κ3) is 20.0. The maximum absolute atomic E-state index is 13.9. The number of ether oxygens (including phenoxy) is 1. The molecule has 0 saturated heterocycles. The van der Waals surface area contributed by atoms with E-state index < -0.39 is 121 Å². The Balaban J connectivity index is 1.73. The van der Waals surface area contributed by atoms with Gasteiger partial charge in [0.1, 0.15) is 42.6 Å². The molecular formula is C55H81N7O12. The van der Waals surface area contributed by atoms with Gasteiger partial charge in [-0.25, -0.2) is 4.79 Å². The molecule has 0 radical (unpaired) electrons. The number of carbonyl (C=O) groups is 8. The molecule has 0 spiro atoms. The lowest BCUT2D eigenvalue weighted by Gasteiger charge is -2.36. The topological polar surface area (TPSA) is 273 Å². The third-order valence-electron chi connectivity index (χ3n) is 12.8. The molecule has 0 fully saturated rings. The minimum atomic E-state index is -1.67. The average Bonchev–Trinajstić information content (AvgIpc) is 3.35. The molecule has 19 heteroatoms. The number of benzene rings is 2. The molecule has 2 aromatic carbocycles. The van der Waals surface area contributed by atoms with Gasteiger partial charge < -0.3 is 56.4 Å². The lowest BCUT2D eigenvalue weighted by molar-refractivity contribution is -0.157. The zero-order valence-electron chi connectivity index (χ0n) is 44.5. The zero-order chi connectivity index (χ0) is 55.1. The van der Waals surface area contributed by atoms with E-state index in [1.165, 1.54) is 42.1 Å². The summed E-state index contributed by atoms with van der Waals surface area (Å²) < 4.78 is 5.70. The van der Waals surface area contributed by atoms with Crippen LogP contribution in [0.25, 0.3) is 0 Å². The number of phenolic OH excluding ortho intramolecular Hbond substituents is 1. The van der Waals surface area contributed by atoms with E-state index in [9.17, 15) is 53.7 Å². The Morgan fingerprint density at radius 3 is 2.01 bits per heavy atom. The van der Waals surface area contributed by atoms with Crippen LogP contribution in [0.1, 0.15) is 105 Å². The fraction of sp³-hybridized carbons (Fsp3) is 0.564. The minimum Gasteiger partial charge on any atom is -0.508 e. The molecule has 74 heavy (non-hydrogen) atoms. The summed E-state index contributed by atoms with van der Waals surface area (Å²) >= 11 is 0. The van der Waals surface area contributed by atoms with E-state index in [-0.39, 0.29) is 36.8 Å². The summed E-state index contributed by atoms with van der Waals surface area (Å²) in [5, 5.41) is 44.8. The van der Waals surface area contributed by atoms with Gasteiger partial charge in [-0.05, 0) is 53.9 Å². The molecule has 1 heterocycles. The number of aliphatic hydroxyl groups excluding tert-OH is 2. The average molecular weight is 1030 g/mol. The van der Waals surface area contributed by atoms with Crippen LogP contribution in [0.5, 0.6) is 5.75 Å². The van der Waals surface area contributed by atoms with Crippen LogP contribution in [0.2, 0.25) is 0 Å². The first kappa shape index (κ1) is 61.7.